The highest BCUT2D eigenvalue weighted by atomic mass is 16.5. The van der Waals surface area contributed by atoms with Crippen LogP contribution in [0.3, 0.4) is 0 Å². The molecule has 0 aliphatic rings. The van der Waals surface area contributed by atoms with Gasteiger partial charge in [0.25, 0.3) is 11.8 Å². The van der Waals surface area contributed by atoms with Crippen molar-refractivity contribution >= 4 is 17.8 Å². The summed E-state index contributed by atoms with van der Waals surface area (Å²) in [5, 5.41) is 2.18. The standard InChI is InChI=1S/C19H22N2O5/c1-5-21-12(2)10-16(13(21)3)19(24)26-11-17(22)20-18(23)14-6-8-15(25-4)9-7-14/h6-10H,5,11H2,1-4H3,(H,20,22,23). The Morgan fingerprint density at radius 1 is 1.12 bits per heavy atom. The highest BCUT2D eigenvalue weighted by Gasteiger charge is 2.18. The Bertz CT molecular complexity index is 821. The lowest BCUT2D eigenvalue weighted by Gasteiger charge is -2.07. The molecule has 2 amide bonds. The molecule has 1 N–H and O–H groups in total. The molecule has 0 bridgehead atoms. The zero-order valence-electron chi connectivity index (χ0n) is 15.3. The minimum Gasteiger partial charge on any atom is -0.497 e. The van der Waals surface area contributed by atoms with E-state index in [4.69, 9.17) is 9.47 Å². The number of nitrogens with zero attached hydrogens (tertiary/aromatic N) is 1. The van der Waals surface area contributed by atoms with E-state index >= 15 is 0 Å². The van der Waals surface area contributed by atoms with Crippen LogP contribution in [0.15, 0.2) is 30.3 Å². The van der Waals surface area contributed by atoms with Gasteiger partial charge in [0.05, 0.1) is 12.7 Å². The smallest absolute Gasteiger partial charge is 0.340 e. The number of rotatable bonds is 6. The number of esters is 1. The molecule has 0 aliphatic carbocycles. The second-order valence-corrected chi connectivity index (χ2v) is 5.71. The molecule has 7 nitrogen and oxygen atoms in total. The number of hydrogen-bond acceptors (Lipinski definition) is 5. The fourth-order valence-electron chi connectivity index (χ4n) is 2.68. The number of carbonyl (C=O) groups is 3. The molecule has 1 aromatic heterocycles. The van der Waals surface area contributed by atoms with E-state index in [1.807, 2.05) is 25.3 Å². The largest absolute Gasteiger partial charge is 0.497 e. The van der Waals surface area contributed by atoms with Crippen LogP contribution >= 0.6 is 0 Å². The molecular formula is C19H22N2O5. The van der Waals surface area contributed by atoms with Gasteiger partial charge in [0, 0.05) is 23.5 Å². The Kier molecular flexibility index (Phi) is 6.16. The van der Waals surface area contributed by atoms with Crippen LogP contribution in [0, 0.1) is 13.8 Å². The van der Waals surface area contributed by atoms with Crippen molar-refractivity contribution in [2.75, 3.05) is 13.7 Å². The number of aryl methyl sites for hydroxylation is 1. The summed E-state index contributed by atoms with van der Waals surface area (Å²) in [5.41, 5.74) is 2.44. The SMILES string of the molecule is CCn1c(C)cc(C(=O)OCC(=O)NC(=O)c2ccc(OC)cc2)c1C. The molecule has 7 heteroatoms. The van der Waals surface area contributed by atoms with Gasteiger partial charge in [-0.15, -0.1) is 0 Å². The monoisotopic (exact) mass is 358 g/mol. The van der Waals surface area contributed by atoms with Gasteiger partial charge in [0.15, 0.2) is 6.61 Å². The Morgan fingerprint density at radius 3 is 2.31 bits per heavy atom. The third-order valence-electron chi connectivity index (χ3n) is 4.05. The van der Waals surface area contributed by atoms with Crippen LogP contribution in [0.4, 0.5) is 0 Å². The number of methoxy groups -OCH3 is 1. The summed E-state index contributed by atoms with van der Waals surface area (Å²) >= 11 is 0. The summed E-state index contributed by atoms with van der Waals surface area (Å²) < 4.78 is 12.0. The Balaban J connectivity index is 1.91. The molecule has 0 fully saturated rings. The first-order valence-corrected chi connectivity index (χ1v) is 8.19. The quantitative estimate of drug-likeness (QED) is 0.801. The van der Waals surface area contributed by atoms with Crippen LogP contribution in [0.25, 0.3) is 0 Å². The summed E-state index contributed by atoms with van der Waals surface area (Å²) in [6.07, 6.45) is 0. The summed E-state index contributed by atoms with van der Waals surface area (Å²) in [6.45, 7) is 5.90. The molecule has 1 aromatic carbocycles. The number of nitrogens with one attached hydrogen (secondary N) is 1. The topological polar surface area (TPSA) is 86.6 Å². The number of imide groups is 1. The lowest BCUT2D eigenvalue weighted by atomic mass is 10.2. The average Bonchev–Trinajstić information content (AvgIpc) is 2.93. The van der Waals surface area contributed by atoms with Gasteiger partial charge in [-0.05, 0) is 51.1 Å². The molecule has 0 atom stereocenters. The normalized spacial score (nSPS) is 10.3. The highest BCUT2D eigenvalue weighted by molar-refractivity contribution is 6.05. The maximum Gasteiger partial charge on any atom is 0.340 e. The maximum absolute atomic E-state index is 12.2. The van der Waals surface area contributed by atoms with Crippen molar-refractivity contribution in [3.8, 4) is 5.75 Å². The van der Waals surface area contributed by atoms with Gasteiger partial charge in [0.2, 0.25) is 0 Å². The fourth-order valence-corrected chi connectivity index (χ4v) is 2.68. The van der Waals surface area contributed by atoms with Gasteiger partial charge >= 0.3 is 5.97 Å². The number of aromatic nitrogens is 1. The minimum atomic E-state index is -0.691. The van der Waals surface area contributed by atoms with Crippen LogP contribution in [0.5, 0.6) is 5.75 Å². The van der Waals surface area contributed by atoms with Crippen molar-refractivity contribution in [2.24, 2.45) is 0 Å². The van der Waals surface area contributed by atoms with E-state index < -0.39 is 24.4 Å². The zero-order chi connectivity index (χ0) is 19.3. The number of carbonyl (C=O) groups excluding carboxylic acids is 3. The van der Waals surface area contributed by atoms with Gasteiger partial charge in [-0.25, -0.2) is 4.79 Å². The van der Waals surface area contributed by atoms with E-state index in [0.717, 1.165) is 17.9 Å². The minimum absolute atomic E-state index is 0.303. The molecule has 138 valence electrons. The van der Waals surface area contributed by atoms with Crippen LogP contribution in [-0.2, 0) is 16.1 Å². The van der Waals surface area contributed by atoms with E-state index in [9.17, 15) is 14.4 Å². The molecule has 2 aromatic rings. The van der Waals surface area contributed by atoms with Crippen LogP contribution in [0.2, 0.25) is 0 Å². The number of hydrogen-bond donors (Lipinski definition) is 1. The van der Waals surface area contributed by atoms with E-state index in [1.54, 1.807) is 18.2 Å². The van der Waals surface area contributed by atoms with Gasteiger partial charge in [-0.3, -0.25) is 14.9 Å². The molecule has 26 heavy (non-hydrogen) atoms. The Labute approximate surface area is 151 Å². The third kappa shape index (κ3) is 4.30. The molecule has 0 unspecified atom stereocenters. The van der Waals surface area contributed by atoms with Crippen molar-refractivity contribution in [3.63, 3.8) is 0 Å². The first-order chi connectivity index (χ1) is 12.4. The molecular weight excluding hydrogens is 336 g/mol. The number of benzene rings is 1. The van der Waals surface area contributed by atoms with Crippen molar-refractivity contribution < 1.29 is 23.9 Å². The second-order valence-electron chi connectivity index (χ2n) is 5.71. The molecule has 0 radical (unpaired) electrons. The lowest BCUT2D eigenvalue weighted by molar-refractivity contribution is -0.123. The lowest BCUT2D eigenvalue weighted by Crippen LogP contribution is -2.34. The van der Waals surface area contributed by atoms with E-state index in [1.165, 1.54) is 19.2 Å². The van der Waals surface area contributed by atoms with Gasteiger partial charge in [-0.2, -0.15) is 0 Å². The molecule has 0 saturated carbocycles. The fraction of sp³-hybridized carbons (Fsp3) is 0.316. The van der Waals surface area contributed by atoms with Crippen LogP contribution < -0.4 is 10.1 Å². The summed E-state index contributed by atoms with van der Waals surface area (Å²) in [6, 6.07) is 8.02. The Morgan fingerprint density at radius 2 is 1.77 bits per heavy atom. The molecule has 2 rings (SSSR count). The van der Waals surface area contributed by atoms with Gasteiger partial charge in [0.1, 0.15) is 5.75 Å². The molecule has 1 heterocycles. The van der Waals surface area contributed by atoms with E-state index in [0.29, 0.717) is 16.9 Å². The first kappa shape index (κ1) is 19.2. The molecule has 0 saturated heterocycles. The summed E-state index contributed by atoms with van der Waals surface area (Å²) in [4.78, 5) is 36.0. The summed E-state index contributed by atoms with van der Waals surface area (Å²) in [7, 11) is 1.52. The number of amides is 2. The van der Waals surface area contributed by atoms with Crippen LogP contribution in [0.1, 0.15) is 39.0 Å². The predicted octanol–water partition coefficient (Wildman–Crippen LogP) is 2.25. The average molecular weight is 358 g/mol. The van der Waals surface area contributed by atoms with E-state index in [2.05, 4.69) is 5.32 Å². The first-order valence-electron chi connectivity index (χ1n) is 8.19. The molecule has 0 spiro atoms. The third-order valence-corrected chi connectivity index (χ3v) is 4.05. The molecule has 0 aliphatic heterocycles. The number of ether oxygens (including phenoxy) is 2. The van der Waals surface area contributed by atoms with Gasteiger partial charge in [-0.1, -0.05) is 0 Å². The maximum atomic E-state index is 12.2. The van der Waals surface area contributed by atoms with Crippen molar-refractivity contribution in [2.45, 2.75) is 27.3 Å². The van der Waals surface area contributed by atoms with Crippen molar-refractivity contribution in [1.29, 1.82) is 0 Å². The van der Waals surface area contributed by atoms with Crippen molar-refractivity contribution in [1.82, 2.24) is 9.88 Å². The predicted molar refractivity (Wildman–Crippen MR) is 95.3 cm³/mol. The summed E-state index contributed by atoms with van der Waals surface area (Å²) in [5.74, 6) is -1.25. The van der Waals surface area contributed by atoms with Crippen molar-refractivity contribution in [3.05, 3.63) is 52.8 Å². The Hall–Kier alpha value is -3.09. The van der Waals surface area contributed by atoms with E-state index in [-0.39, 0.29) is 0 Å². The van der Waals surface area contributed by atoms with Crippen LogP contribution in [-0.4, -0.2) is 36.1 Å². The zero-order valence-corrected chi connectivity index (χ0v) is 15.3. The second kappa shape index (κ2) is 8.33. The highest BCUT2D eigenvalue weighted by Crippen LogP contribution is 2.16. The van der Waals surface area contributed by atoms with Gasteiger partial charge < -0.3 is 14.0 Å².